The number of rotatable bonds is 6. The van der Waals surface area contributed by atoms with Crippen LogP contribution in [0.1, 0.15) is 31.2 Å². The predicted octanol–water partition coefficient (Wildman–Crippen LogP) is 3.85. The first-order chi connectivity index (χ1) is 18.4. The number of ether oxygens (including phenoxy) is 1. The maximum atomic E-state index is 13.5. The van der Waals surface area contributed by atoms with E-state index in [1.165, 1.54) is 22.6 Å². The molecule has 9 nitrogen and oxygen atoms in total. The molecule has 2 N–H and O–H groups in total. The highest BCUT2D eigenvalue weighted by Gasteiger charge is 2.33. The van der Waals surface area contributed by atoms with Crippen molar-refractivity contribution in [3.8, 4) is 0 Å². The standard InChI is InChI=1S/C12H11FN2O2.C8H13NO2.C8H9NO/c13-10-7-9(4-5-11(10)14-8-16)15-6-2-1-3-12(15)17;10-8(7-1-2-7)9-3-5-11-6-4-9;1-7-2-4-8(5-3-7)9-6-10/h2,4-8H,1,3H2,(H,14,16);7H,1-6H2;2-6H,1H3,(H,9,10). The molecule has 0 spiro atoms. The summed E-state index contributed by atoms with van der Waals surface area (Å²) in [5, 5.41) is 4.79. The zero-order valence-electron chi connectivity index (χ0n) is 21.4. The molecule has 2 aromatic carbocycles. The third kappa shape index (κ3) is 8.81. The van der Waals surface area contributed by atoms with E-state index in [9.17, 15) is 23.6 Å². The molecule has 2 fully saturated rings. The lowest BCUT2D eigenvalue weighted by atomic mass is 10.2. The van der Waals surface area contributed by atoms with E-state index in [2.05, 4.69) is 10.6 Å². The molecular weight excluding hydrogens is 491 g/mol. The predicted molar refractivity (Wildman–Crippen MR) is 143 cm³/mol. The van der Waals surface area contributed by atoms with E-state index in [0.717, 1.165) is 44.8 Å². The van der Waals surface area contributed by atoms with Crippen molar-refractivity contribution in [2.24, 2.45) is 5.92 Å². The lowest BCUT2D eigenvalue weighted by Crippen LogP contribution is -2.41. The Labute approximate surface area is 221 Å². The first-order valence-corrected chi connectivity index (χ1v) is 12.5. The van der Waals surface area contributed by atoms with E-state index in [1.807, 2.05) is 42.2 Å². The number of halogens is 1. The van der Waals surface area contributed by atoms with Crippen LogP contribution in [0.3, 0.4) is 0 Å². The molecule has 0 unspecified atom stereocenters. The molecule has 38 heavy (non-hydrogen) atoms. The second kappa shape index (κ2) is 14.6. The summed E-state index contributed by atoms with van der Waals surface area (Å²) in [5.74, 6) is 0.0887. The molecule has 10 heteroatoms. The smallest absolute Gasteiger partial charge is 0.231 e. The van der Waals surface area contributed by atoms with Gasteiger partial charge >= 0.3 is 0 Å². The zero-order chi connectivity index (χ0) is 27.3. The fourth-order valence-corrected chi connectivity index (χ4v) is 3.74. The molecule has 1 saturated heterocycles. The molecule has 1 saturated carbocycles. The Morgan fingerprint density at radius 3 is 2.29 bits per heavy atom. The lowest BCUT2D eigenvalue weighted by Gasteiger charge is -2.26. The molecule has 202 valence electrons. The number of nitrogens with one attached hydrogen (secondary N) is 2. The first-order valence-electron chi connectivity index (χ1n) is 12.5. The molecule has 0 aromatic heterocycles. The number of hydrogen-bond donors (Lipinski definition) is 2. The Morgan fingerprint density at radius 1 is 1.03 bits per heavy atom. The van der Waals surface area contributed by atoms with Gasteiger partial charge in [0.1, 0.15) is 5.82 Å². The molecule has 1 aliphatic carbocycles. The van der Waals surface area contributed by atoms with Crippen molar-refractivity contribution in [1.29, 1.82) is 0 Å². The molecule has 0 bridgehead atoms. The number of aryl methyl sites for hydroxylation is 1. The number of amides is 4. The van der Waals surface area contributed by atoms with Crippen LogP contribution in [0.2, 0.25) is 0 Å². The Morgan fingerprint density at radius 2 is 1.71 bits per heavy atom. The summed E-state index contributed by atoms with van der Waals surface area (Å²) < 4.78 is 18.7. The van der Waals surface area contributed by atoms with Crippen LogP contribution in [0.4, 0.5) is 21.5 Å². The Kier molecular flexibility index (Phi) is 11.0. The highest BCUT2D eigenvalue weighted by atomic mass is 19.1. The van der Waals surface area contributed by atoms with Crippen molar-refractivity contribution < 1.29 is 28.3 Å². The summed E-state index contributed by atoms with van der Waals surface area (Å²) in [7, 11) is 0. The van der Waals surface area contributed by atoms with Gasteiger partial charge in [-0.3, -0.25) is 24.1 Å². The largest absolute Gasteiger partial charge is 0.378 e. The summed E-state index contributed by atoms with van der Waals surface area (Å²) >= 11 is 0. The van der Waals surface area contributed by atoms with E-state index >= 15 is 0 Å². The van der Waals surface area contributed by atoms with Crippen molar-refractivity contribution >= 4 is 41.7 Å². The van der Waals surface area contributed by atoms with Gasteiger partial charge in [-0.1, -0.05) is 23.8 Å². The highest BCUT2D eigenvalue weighted by Crippen LogP contribution is 2.31. The van der Waals surface area contributed by atoms with E-state index in [0.29, 0.717) is 43.2 Å². The Bertz CT molecular complexity index is 1130. The van der Waals surface area contributed by atoms with Gasteiger partial charge in [0.25, 0.3) is 0 Å². The van der Waals surface area contributed by atoms with Gasteiger partial charge in [0.15, 0.2) is 0 Å². The number of nitrogens with zero attached hydrogens (tertiary/aromatic N) is 2. The SMILES string of the molecule is Cc1ccc(NC=O)cc1.O=C(C1CC1)N1CCOCC1.O=CNc1ccc(N2C=CCCC2=O)cc1F. The Balaban J connectivity index is 0.000000166. The van der Waals surface area contributed by atoms with Gasteiger partial charge in [0.05, 0.1) is 24.6 Å². The minimum atomic E-state index is -0.568. The summed E-state index contributed by atoms with van der Waals surface area (Å²) in [5.41, 5.74) is 2.58. The van der Waals surface area contributed by atoms with Crippen LogP contribution in [-0.2, 0) is 23.9 Å². The van der Waals surface area contributed by atoms with Crippen molar-refractivity contribution in [1.82, 2.24) is 4.90 Å². The van der Waals surface area contributed by atoms with Crippen LogP contribution in [0.25, 0.3) is 0 Å². The average Bonchev–Trinajstić information content (AvgIpc) is 3.78. The van der Waals surface area contributed by atoms with Gasteiger partial charge in [0, 0.05) is 43.4 Å². The summed E-state index contributed by atoms with van der Waals surface area (Å²) in [6.07, 6.45) is 7.92. The van der Waals surface area contributed by atoms with Gasteiger partial charge in [-0.05, 0) is 50.5 Å². The molecule has 3 aliphatic rings. The second-order valence-corrected chi connectivity index (χ2v) is 8.95. The monoisotopic (exact) mass is 524 g/mol. The number of allylic oxidation sites excluding steroid dienone is 1. The van der Waals surface area contributed by atoms with Crippen LogP contribution in [0.5, 0.6) is 0 Å². The van der Waals surface area contributed by atoms with E-state index in [-0.39, 0.29) is 11.6 Å². The minimum absolute atomic E-state index is 0.0667. The Hall–Kier alpha value is -4.05. The maximum absolute atomic E-state index is 13.5. The lowest BCUT2D eigenvalue weighted by molar-refractivity contribution is -0.136. The van der Waals surface area contributed by atoms with Gasteiger partial charge < -0.3 is 20.3 Å². The molecule has 2 aliphatic heterocycles. The number of carbonyl (C=O) groups excluding carboxylic acids is 4. The normalized spacial score (nSPS) is 16.3. The molecule has 5 rings (SSSR count). The van der Waals surface area contributed by atoms with Crippen molar-refractivity contribution in [2.75, 3.05) is 41.8 Å². The van der Waals surface area contributed by atoms with Gasteiger partial charge in [-0.15, -0.1) is 0 Å². The zero-order valence-corrected chi connectivity index (χ0v) is 21.4. The third-order valence-corrected chi connectivity index (χ3v) is 6.02. The van der Waals surface area contributed by atoms with Crippen LogP contribution in [-0.4, -0.2) is 55.8 Å². The van der Waals surface area contributed by atoms with Gasteiger partial charge in [0.2, 0.25) is 24.6 Å². The number of morpholine rings is 1. The number of anilines is 3. The molecule has 2 heterocycles. The number of carbonyl (C=O) groups is 4. The second-order valence-electron chi connectivity index (χ2n) is 8.95. The number of benzene rings is 2. The maximum Gasteiger partial charge on any atom is 0.231 e. The first kappa shape index (κ1) is 28.5. The van der Waals surface area contributed by atoms with Crippen LogP contribution >= 0.6 is 0 Å². The molecule has 0 radical (unpaired) electrons. The topological polar surface area (TPSA) is 108 Å². The van der Waals surface area contributed by atoms with Gasteiger partial charge in [-0.2, -0.15) is 0 Å². The number of hydrogen-bond acceptors (Lipinski definition) is 5. The highest BCUT2D eigenvalue weighted by molar-refractivity contribution is 5.96. The van der Waals surface area contributed by atoms with E-state index in [1.54, 1.807) is 12.3 Å². The fraction of sp³-hybridized carbons (Fsp3) is 0.357. The quantitative estimate of drug-likeness (QED) is 0.558. The van der Waals surface area contributed by atoms with E-state index in [4.69, 9.17) is 4.74 Å². The van der Waals surface area contributed by atoms with E-state index < -0.39 is 5.82 Å². The molecule has 0 atom stereocenters. The molecular formula is C28H33FN4O5. The average molecular weight is 525 g/mol. The summed E-state index contributed by atoms with van der Waals surface area (Å²) in [6.45, 7) is 5.05. The van der Waals surface area contributed by atoms with Gasteiger partial charge in [-0.25, -0.2) is 4.39 Å². The summed E-state index contributed by atoms with van der Waals surface area (Å²) in [6, 6.07) is 11.9. The molecule has 4 amide bonds. The van der Waals surface area contributed by atoms with Crippen LogP contribution in [0.15, 0.2) is 54.7 Å². The van der Waals surface area contributed by atoms with Crippen molar-refractivity contribution in [3.05, 3.63) is 66.1 Å². The van der Waals surface area contributed by atoms with Crippen molar-refractivity contribution in [3.63, 3.8) is 0 Å². The summed E-state index contributed by atoms with van der Waals surface area (Å²) in [4.78, 5) is 46.5. The molecule has 2 aromatic rings. The third-order valence-electron chi connectivity index (χ3n) is 6.02. The van der Waals surface area contributed by atoms with Crippen LogP contribution in [0, 0.1) is 18.7 Å². The van der Waals surface area contributed by atoms with Crippen LogP contribution < -0.4 is 15.5 Å². The minimum Gasteiger partial charge on any atom is -0.378 e. The van der Waals surface area contributed by atoms with Crippen molar-refractivity contribution in [2.45, 2.75) is 32.6 Å². The fourth-order valence-electron chi connectivity index (χ4n) is 3.74.